The molecule has 0 saturated heterocycles. The van der Waals surface area contributed by atoms with Crippen LogP contribution in [0.3, 0.4) is 0 Å². The smallest absolute Gasteiger partial charge is 0.315 e. The third-order valence-corrected chi connectivity index (χ3v) is 4.67. The first-order chi connectivity index (χ1) is 11.3. The van der Waals surface area contributed by atoms with E-state index in [1.807, 2.05) is 0 Å². The van der Waals surface area contributed by atoms with Gasteiger partial charge in [0.05, 0.1) is 6.54 Å². The topological polar surface area (TPSA) is 90.8 Å². The summed E-state index contributed by atoms with van der Waals surface area (Å²) in [5.74, 6) is 0. The second-order valence-electron chi connectivity index (χ2n) is 8.20. The molecule has 2 atom stereocenters. The van der Waals surface area contributed by atoms with Crippen LogP contribution >= 0.6 is 0 Å². The van der Waals surface area contributed by atoms with Gasteiger partial charge in [-0.15, -0.1) is 0 Å². The number of nitrogens with one attached hydrogen (secondary N) is 2. The first-order valence-electron chi connectivity index (χ1n) is 8.99. The maximum absolute atomic E-state index is 12.1. The Morgan fingerprint density at radius 2 is 1.92 bits per heavy atom. The number of amides is 2. The Labute approximate surface area is 145 Å². The minimum Gasteiger partial charge on any atom is -0.396 e. The van der Waals surface area contributed by atoms with Crippen LogP contribution in [0.4, 0.5) is 4.79 Å². The largest absolute Gasteiger partial charge is 0.396 e. The number of carbonyl (C=O) groups is 1. The standard InChI is InChI=1S/C18H33N3O3/c1-17(2)10-15(11-18(3,12-17)13-19-14-23)21-16(24)20-8-6-4-5-7-9-22/h15,22H,4-13H2,1-3H3,(H2,20,21,24). The molecule has 0 heterocycles. The van der Waals surface area contributed by atoms with Crippen LogP contribution in [0.2, 0.25) is 0 Å². The van der Waals surface area contributed by atoms with Crippen LogP contribution in [0.25, 0.3) is 0 Å². The average molecular weight is 339 g/mol. The molecular formula is C18H33N3O3. The van der Waals surface area contributed by atoms with Gasteiger partial charge in [0.15, 0.2) is 0 Å². The number of carbonyl (C=O) groups excluding carboxylic acids is 2. The lowest BCUT2D eigenvalue weighted by atomic mass is 9.62. The van der Waals surface area contributed by atoms with Crippen molar-refractivity contribution in [2.24, 2.45) is 15.8 Å². The van der Waals surface area contributed by atoms with Crippen molar-refractivity contribution in [2.45, 2.75) is 71.8 Å². The molecule has 2 unspecified atom stereocenters. The van der Waals surface area contributed by atoms with Crippen LogP contribution in [0.5, 0.6) is 0 Å². The van der Waals surface area contributed by atoms with E-state index < -0.39 is 0 Å². The summed E-state index contributed by atoms with van der Waals surface area (Å²) < 4.78 is 0. The second kappa shape index (κ2) is 9.80. The fraction of sp³-hybridized carbons (Fsp3) is 0.889. The summed E-state index contributed by atoms with van der Waals surface area (Å²) >= 11 is 0. The van der Waals surface area contributed by atoms with E-state index >= 15 is 0 Å². The van der Waals surface area contributed by atoms with E-state index in [0.29, 0.717) is 13.1 Å². The van der Waals surface area contributed by atoms with Crippen LogP contribution in [0.1, 0.15) is 65.7 Å². The Bertz CT molecular complexity index is 447. The van der Waals surface area contributed by atoms with E-state index in [0.717, 1.165) is 44.9 Å². The van der Waals surface area contributed by atoms with Crippen molar-refractivity contribution in [1.29, 1.82) is 0 Å². The van der Waals surface area contributed by atoms with Crippen molar-refractivity contribution in [3.63, 3.8) is 0 Å². The van der Waals surface area contributed by atoms with Crippen LogP contribution < -0.4 is 10.6 Å². The quantitative estimate of drug-likeness (QED) is 0.343. The number of rotatable bonds is 9. The number of aliphatic hydroxyl groups is 1. The molecule has 0 spiro atoms. The molecule has 1 rings (SSSR count). The molecule has 138 valence electrons. The Hall–Kier alpha value is -1.39. The SMILES string of the molecule is CC1(C)CC(NC(=O)NCCCCCCO)CC(C)(CN=C=O)C1. The zero-order valence-electron chi connectivity index (χ0n) is 15.4. The van der Waals surface area contributed by atoms with Crippen molar-refractivity contribution < 1.29 is 14.7 Å². The van der Waals surface area contributed by atoms with Crippen LogP contribution in [-0.2, 0) is 4.79 Å². The van der Waals surface area contributed by atoms with Crippen LogP contribution in [-0.4, -0.2) is 43.0 Å². The predicted octanol–water partition coefficient (Wildman–Crippen LogP) is 2.76. The highest BCUT2D eigenvalue weighted by Gasteiger charge is 2.41. The summed E-state index contributed by atoms with van der Waals surface area (Å²) in [6.07, 6.45) is 8.12. The van der Waals surface area contributed by atoms with Crippen molar-refractivity contribution in [2.75, 3.05) is 19.7 Å². The highest BCUT2D eigenvalue weighted by atomic mass is 16.3. The lowest BCUT2D eigenvalue weighted by Crippen LogP contribution is -2.50. The van der Waals surface area contributed by atoms with Gasteiger partial charge < -0.3 is 15.7 Å². The number of hydrogen-bond acceptors (Lipinski definition) is 4. The Morgan fingerprint density at radius 3 is 2.58 bits per heavy atom. The summed E-state index contributed by atoms with van der Waals surface area (Å²) in [5, 5.41) is 14.7. The fourth-order valence-corrected chi connectivity index (χ4v) is 4.11. The van der Waals surface area contributed by atoms with E-state index in [2.05, 4.69) is 36.4 Å². The lowest BCUT2D eigenvalue weighted by Gasteiger charge is -2.46. The number of hydrogen-bond donors (Lipinski definition) is 3. The molecule has 0 aromatic heterocycles. The van der Waals surface area contributed by atoms with E-state index in [9.17, 15) is 9.59 Å². The lowest BCUT2D eigenvalue weighted by molar-refractivity contribution is 0.0807. The molecule has 6 nitrogen and oxygen atoms in total. The maximum atomic E-state index is 12.1. The first-order valence-corrected chi connectivity index (χ1v) is 8.99. The van der Waals surface area contributed by atoms with E-state index in [4.69, 9.17) is 5.11 Å². The van der Waals surface area contributed by atoms with E-state index in [1.165, 1.54) is 0 Å². The molecule has 0 aliphatic heterocycles. The normalized spacial score (nSPS) is 25.6. The van der Waals surface area contributed by atoms with Gasteiger partial charge in [0, 0.05) is 19.2 Å². The molecule has 24 heavy (non-hydrogen) atoms. The minimum absolute atomic E-state index is 0.0819. The summed E-state index contributed by atoms with van der Waals surface area (Å²) in [5.41, 5.74) is 0.0229. The second-order valence-corrected chi connectivity index (χ2v) is 8.20. The van der Waals surface area contributed by atoms with Gasteiger partial charge >= 0.3 is 6.03 Å². The summed E-state index contributed by atoms with van der Waals surface area (Å²) in [6, 6.07) is -0.0314. The summed E-state index contributed by atoms with van der Waals surface area (Å²) in [7, 11) is 0. The van der Waals surface area contributed by atoms with Crippen molar-refractivity contribution in [1.82, 2.24) is 10.6 Å². The number of aliphatic imine (C=N–C) groups is 1. The third kappa shape index (κ3) is 7.93. The number of nitrogens with zero attached hydrogens (tertiary/aromatic N) is 1. The summed E-state index contributed by atoms with van der Waals surface area (Å²) in [4.78, 5) is 26.3. The van der Waals surface area contributed by atoms with Crippen molar-refractivity contribution in [3.05, 3.63) is 0 Å². The van der Waals surface area contributed by atoms with Gasteiger partial charge in [0.1, 0.15) is 0 Å². The van der Waals surface area contributed by atoms with Crippen molar-refractivity contribution in [3.8, 4) is 0 Å². The number of urea groups is 1. The fourth-order valence-electron chi connectivity index (χ4n) is 4.11. The maximum Gasteiger partial charge on any atom is 0.315 e. The molecule has 3 N–H and O–H groups in total. The molecule has 0 aromatic carbocycles. The predicted molar refractivity (Wildman–Crippen MR) is 94.6 cm³/mol. The monoisotopic (exact) mass is 339 g/mol. The number of unbranched alkanes of at least 4 members (excludes halogenated alkanes) is 3. The molecule has 0 bridgehead atoms. The van der Waals surface area contributed by atoms with Gasteiger partial charge in [-0.25, -0.2) is 14.6 Å². The zero-order chi connectivity index (χ0) is 18.1. The molecule has 0 aromatic rings. The van der Waals surface area contributed by atoms with Gasteiger partial charge in [0.25, 0.3) is 0 Å². The van der Waals surface area contributed by atoms with Gasteiger partial charge in [-0.05, 0) is 42.9 Å². The van der Waals surface area contributed by atoms with E-state index in [1.54, 1.807) is 6.08 Å². The Kier molecular flexibility index (Phi) is 8.43. The van der Waals surface area contributed by atoms with Gasteiger partial charge in [-0.3, -0.25) is 0 Å². The minimum atomic E-state index is -0.124. The molecule has 1 fully saturated rings. The highest BCUT2D eigenvalue weighted by Crippen LogP contribution is 2.46. The Morgan fingerprint density at radius 1 is 1.21 bits per heavy atom. The third-order valence-electron chi connectivity index (χ3n) is 4.67. The first kappa shape index (κ1) is 20.7. The van der Waals surface area contributed by atoms with Gasteiger partial charge in [-0.2, -0.15) is 0 Å². The van der Waals surface area contributed by atoms with Crippen LogP contribution in [0.15, 0.2) is 4.99 Å². The van der Waals surface area contributed by atoms with Gasteiger partial charge in [0.2, 0.25) is 6.08 Å². The molecule has 0 radical (unpaired) electrons. The molecular weight excluding hydrogens is 306 g/mol. The number of isocyanates is 1. The zero-order valence-corrected chi connectivity index (χ0v) is 15.4. The number of aliphatic hydroxyl groups excluding tert-OH is 1. The molecule has 1 aliphatic rings. The summed E-state index contributed by atoms with van der Waals surface area (Å²) in [6.45, 7) is 7.87. The molecule has 1 aliphatic carbocycles. The highest BCUT2D eigenvalue weighted by molar-refractivity contribution is 5.74. The van der Waals surface area contributed by atoms with Gasteiger partial charge in [-0.1, -0.05) is 33.6 Å². The molecule has 6 heteroatoms. The Balaban J connectivity index is 2.41. The van der Waals surface area contributed by atoms with E-state index in [-0.39, 0.29) is 29.5 Å². The molecule has 1 saturated carbocycles. The average Bonchev–Trinajstić information content (AvgIpc) is 2.46. The molecule has 2 amide bonds. The van der Waals surface area contributed by atoms with Crippen molar-refractivity contribution >= 4 is 12.1 Å². The van der Waals surface area contributed by atoms with Crippen LogP contribution in [0, 0.1) is 10.8 Å².